The highest BCUT2D eigenvalue weighted by Crippen LogP contribution is 2.33. The summed E-state index contributed by atoms with van der Waals surface area (Å²) >= 11 is 19.8. The lowest BCUT2D eigenvalue weighted by Gasteiger charge is -2.24. The van der Waals surface area contributed by atoms with Gasteiger partial charge in [-0.1, -0.05) is 40.9 Å². The molecule has 7 nitrogen and oxygen atoms in total. The zero-order valence-corrected chi connectivity index (χ0v) is 24.2. The second kappa shape index (κ2) is 13.6. The summed E-state index contributed by atoms with van der Waals surface area (Å²) in [5.74, 6) is 0.298. The standard InChI is InChI=1S/C25H24Cl3FN2O5S2/c1-35-23-9-7-17(13-24(23)36-2)38(33,34)31(16-6-8-22(29)21(28)12-16)14-25(32)30-10-11-37-15-18-19(26)4-3-5-20(18)27/h3-9,12-13H,10-11,14-15H2,1-2H3,(H,30,32). The molecular formula is C25H24Cl3FN2O5S2. The first kappa shape index (κ1) is 30.2. The first-order valence-electron chi connectivity index (χ1n) is 11.1. The third kappa shape index (κ3) is 7.39. The van der Waals surface area contributed by atoms with Gasteiger partial charge in [-0.05, 0) is 48.0 Å². The maximum Gasteiger partial charge on any atom is 0.264 e. The van der Waals surface area contributed by atoms with Gasteiger partial charge in [-0.15, -0.1) is 0 Å². The summed E-state index contributed by atoms with van der Waals surface area (Å²) in [6, 6.07) is 12.7. The second-order valence-electron chi connectivity index (χ2n) is 7.73. The normalized spacial score (nSPS) is 11.2. The number of hydrogen-bond acceptors (Lipinski definition) is 6. The van der Waals surface area contributed by atoms with Crippen LogP contribution in [0.1, 0.15) is 5.56 Å². The number of sulfonamides is 1. The maximum atomic E-state index is 13.8. The molecule has 3 aromatic rings. The van der Waals surface area contributed by atoms with Crippen LogP contribution in [-0.4, -0.2) is 47.4 Å². The van der Waals surface area contributed by atoms with Crippen molar-refractivity contribution in [3.63, 3.8) is 0 Å². The predicted octanol–water partition coefficient (Wildman–Crippen LogP) is 6.05. The van der Waals surface area contributed by atoms with Crippen LogP contribution in [0.15, 0.2) is 59.5 Å². The molecule has 0 bridgehead atoms. The number of anilines is 1. The van der Waals surface area contributed by atoms with Crippen LogP contribution in [0.3, 0.4) is 0 Å². The molecule has 0 aliphatic carbocycles. The van der Waals surface area contributed by atoms with E-state index < -0.39 is 28.3 Å². The van der Waals surface area contributed by atoms with Gasteiger partial charge in [0.2, 0.25) is 5.91 Å². The Morgan fingerprint density at radius 3 is 2.29 bits per heavy atom. The largest absolute Gasteiger partial charge is 0.493 e. The van der Waals surface area contributed by atoms with Crippen molar-refractivity contribution in [2.45, 2.75) is 10.6 Å². The van der Waals surface area contributed by atoms with Gasteiger partial charge in [-0.2, -0.15) is 11.8 Å². The number of rotatable bonds is 12. The summed E-state index contributed by atoms with van der Waals surface area (Å²) in [7, 11) is -1.50. The van der Waals surface area contributed by atoms with Crippen molar-refractivity contribution >= 4 is 68.2 Å². The van der Waals surface area contributed by atoms with E-state index in [2.05, 4.69) is 5.32 Å². The summed E-state index contributed by atoms with van der Waals surface area (Å²) in [6.07, 6.45) is 0. The molecular weight excluding hydrogens is 598 g/mol. The van der Waals surface area contributed by atoms with E-state index in [0.29, 0.717) is 27.3 Å². The molecule has 204 valence electrons. The number of halogens is 4. The molecule has 0 spiro atoms. The average molecular weight is 622 g/mol. The van der Waals surface area contributed by atoms with Crippen LogP contribution in [0, 0.1) is 5.82 Å². The van der Waals surface area contributed by atoms with Crippen LogP contribution in [-0.2, 0) is 20.6 Å². The fourth-order valence-electron chi connectivity index (χ4n) is 3.35. The van der Waals surface area contributed by atoms with E-state index in [1.807, 2.05) is 0 Å². The Labute approximate surface area is 240 Å². The van der Waals surface area contributed by atoms with Crippen molar-refractivity contribution in [2.75, 3.05) is 37.4 Å². The topological polar surface area (TPSA) is 84.9 Å². The summed E-state index contributed by atoms with van der Waals surface area (Å²) in [5, 5.41) is 3.53. The summed E-state index contributed by atoms with van der Waals surface area (Å²) in [5.41, 5.74) is 0.816. The quantitative estimate of drug-likeness (QED) is 0.248. The molecule has 3 aromatic carbocycles. The molecule has 13 heteroatoms. The monoisotopic (exact) mass is 620 g/mol. The van der Waals surface area contributed by atoms with Crippen LogP contribution in [0.25, 0.3) is 0 Å². The molecule has 1 N–H and O–H groups in total. The molecule has 0 heterocycles. The van der Waals surface area contributed by atoms with Crippen LogP contribution in [0.2, 0.25) is 15.1 Å². The number of nitrogens with zero attached hydrogens (tertiary/aromatic N) is 1. The smallest absolute Gasteiger partial charge is 0.264 e. The third-order valence-corrected chi connectivity index (χ3v) is 9.05. The zero-order valence-electron chi connectivity index (χ0n) is 20.3. The molecule has 0 radical (unpaired) electrons. The van der Waals surface area contributed by atoms with Crippen molar-refractivity contribution in [1.29, 1.82) is 0 Å². The zero-order chi connectivity index (χ0) is 27.9. The minimum atomic E-state index is -4.30. The molecule has 0 saturated carbocycles. The van der Waals surface area contributed by atoms with Crippen molar-refractivity contribution in [1.82, 2.24) is 5.32 Å². The molecule has 38 heavy (non-hydrogen) atoms. The number of benzene rings is 3. The number of methoxy groups -OCH3 is 2. The molecule has 0 aromatic heterocycles. The Hall–Kier alpha value is -2.37. The Morgan fingerprint density at radius 1 is 0.974 bits per heavy atom. The Kier molecular flexibility index (Phi) is 10.8. The van der Waals surface area contributed by atoms with Crippen LogP contribution in [0.4, 0.5) is 10.1 Å². The van der Waals surface area contributed by atoms with Gasteiger partial charge < -0.3 is 14.8 Å². The van der Waals surface area contributed by atoms with E-state index in [0.717, 1.165) is 22.0 Å². The highest BCUT2D eigenvalue weighted by Gasteiger charge is 2.29. The van der Waals surface area contributed by atoms with Gasteiger partial charge in [0.15, 0.2) is 11.5 Å². The van der Waals surface area contributed by atoms with Gasteiger partial charge in [-0.3, -0.25) is 9.10 Å². The first-order chi connectivity index (χ1) is 18.1. The first-order valence-corrected chi connectivity index (χ1v) is 14.8. The Balaban J connectivity index is 1.75. The fraction of sp³-hybridized carbons (Fsp3) is 0.240. The molecule has 0 aliphatic rings. The minimum absolute atomic E-state index is 0.0177. The summed E-state index contributed by atoms with van der Waals surface area (Å²) in [4.78, 5) is 12.6. The number of carbonyl (C=O) groups is 1. The molecule has 0 fully saturated rings. The number of carbonyl (C=O) groups excluding carboxylic acids is 1. The number of hydrogen-bond donors (Lipinski definition) is 1. The number of nitrogens with one attached hydrogen (secondary N) is 1. The number of thioether (sulfide) groups is 1. The predicted molar refractivity (Wildman–Crippen MR) is 151 cm³/mol. The van der Waals surface area contributed by atoms with Gasteiger partial charge in [-0.25, -0.2) is 12.8 Å². The van der Waals surface area contributed by atoms with Gasteiger partial charge in [0.1, 0.15) is 12.4 Å². The van der Waals surface area contributed by atoms with E-state index in [-0.39, 0.29) is 27.9 Å². The van der Waals surface area contributed by atoms with Crippen molar-refractivity contribution in [2.24, 2.45) is 0 Å². The van der Waals surface area contributed by atoms with Crippen molar-refractivity contribution in [3.05, 3.63) is 81.0 Å². The Bertz CT molecular complexity index is 1390. The molecule has 0 aliphatic heterocycles. The van der Waals surface area contributed by atoms with E-state index in [1.165, 1.54) is 50.2 Å². The van der Waals surface area contributed by atoms with Gasteiger partial charge in [0, 0.05) is 34.2 Å². The van der Waals surface area contributed by atoms with E-state index in [9.17, 15) is 17.6 Å². The third-order valence-electron chi connectivity index (χ3n) is 5.30. The highest BCUT2D eigenvalue weighted by atomic mass is 35.5. The SMILES string of the molecule is COc1ccc(S(=O)(=O)N(CC(=O)NCCSCc2c(Cl)cccc2Cl)c2ccc(F)c(Cl)c2)cc1OC. The average Bonchev–Trinajstić information content (AvgIpc) is 2.89. The second-order valence-corrected chi connectivity index (χ2v) is 11.9. The Morgan fingerprint density at radius 2 is 1.66 bits per heavy atom. The fourth-order valence-corrected chi connectivity index (χ4v) is 6.55. The van der Waals surface area contributed by atoms with Crippen LogP contribution < -0.4 is 19.1 Å². The maximum absolute atomic E-state index is 13.8. The molecule has 0 saturated heterocycles. The van der Waals surface area contributed by atoms with E-state index in [1.54, 1.807) is 18.2 Å². The van der Waals surface area contributed by atoms with Crippen LogP contribution >= 0.6 is 46.6 Å². The van der Waals surface area contributed by atoms with Crippen LogP contribution in [0.5, 0.6) is 11.5 Å². The van der Waals surface area contributed by atoms with Crippen molar-refractivity contribution < 1.29 is 27.1 Å². The van der Waals surface area contributed by atoms with E-state index in [4.69, 9.17) is 44.3 Å². The highest BCUT2D eigenvalue weighted by molar-refractivity contribution is 7.98. The lowest BCUT2D eigenvalue weighted by Crippen LogP contribution is -2.41. The van der Waals surface area contributed by atoms with Gasteiger partial charge >= 0.3 is 0 Å². The van der Waals surface area contributed by atoms with Crippen molar-refractivity contribution in [3.8, 4) is 11.5 Å². The minimum Gasteiger partial charge on any atom is -0.493 e. The number of ether oxygens (including phenoxy) is 2. The van der Waals surface area contributed by atoms with Gasteiger partial charge in [0.25, 0.3) is 10.0 Å². The van der Waals surface area contributed by atoms with E-state index >= 15 is 0 Å². The van der Waals surface area contributed by atoms with Gasteiger partial charge in [0.05, 0.1) is 29.8 Å². The summed E-state index contributed by atoms with van der Waals surface area (Å²) < 4.78 is 52.3. The number of amides is 1. The lowest BCUT2D eigenvalue weighted by atomic mass is 10.2. The lowest BCUT2D eigenvalue weighted by molar-refractivity contribution is -0.119. The molecule has 3 rings (SSSR count). The molecule has 0 unspecified atom stereocenters. The molecule has 0 atom stereocenters. The summed E-state index contributed by atoms with van der Waals surface area (Å²) in [6.45, 7) is -0.306. The molecule has 1 amide bonds.